The molecule has 1 atom stereocenters. The van der Waals surface area contributed by atoms with Crippen LogP contribution in [0.2, 0.25) is 0 Å². The van der Waals surface area contributed by atoms with Crippen LogP contribution >= 0.6 is 0 Å². The van der Waals surface area contributed by atoms with Gasteiger partial charge in [-0.2, -0.15) is 10.1 Å². The van der Waals surface area contributed by atoms with Crippen LogP contribution in [-0.4, -0.2) is 36.4 Å². The van der Waals surface area contributed by atoms with Gasteiger partial charge in [0, 0.05) is 31.0 Å². The van der Waals surface area contributed by atoms with Crippen molar-refractivity contribution in [1.29, 1.82) is 0 Å². The van der Waals surface area contributed by atoms with Gasteiger partial charge >= 0.3 is 0 Å². The predicted octanol–water partition coefficient (Wildman–Crippen LogP) is 3.09. The molecule has 0 aromatic carbocycles. The summed E-state index contributed by atoms with van der Waals surface area (Å²) in [6.07, 6.45) is 6.93. The Bertz CT molecular complexity index is 901. The summed E-state index contributed by atoms with van der Waals surface area (Å²) >= 11 is 0. The van der Waals surface area contributed by atoms with Crippen LogP contribution in [0.3, 0.4) is 0 Å². The van der Waals surface area contributed by atoms with E-state index >= 15 is 0 Å². The first kappa shape index (κ1) is 16.7. The third-order valence-corrected chi connectivity index (χ3v) is 4.66. The largest absolute Gasteiger partial charge is 0.337 e. The molecule has 3 aromatic rings. The van der Waals surface area contributed by atoms with Crippen LogP contribution in [0.25, 0.3) is 11.3 Å². The highest BCUT2D eigenvalue weighted by Gasteiger charge is 2.32. The second kappa shape index (κ2) is 6.86. The number of rotatable bonds is 5. The monoisotopic (exact) mass is 353 g/mol. The molecule has 0 saturated carbocycles. The van der Waals surface area contributed by atoms with Crippen molar-refractivity contribution in [2.75, 3.05) is 11.4 Å². The first-order valence-electron chi connectivity index (χ1n) is 9.10. The lowest BCUT2D eigenvalue weighted by atomic mass is 10.2. The molecule has 0 amide bonds. The van der Waals surface area contributed by atoms with Gasteiger partial charge in [0.25, 0.3) is 0 Å². The minimum Gasteiger partial charge on any atom is -0.337 e. The van der Waals surface area contributed by atoms with Crippen molar-refractivity contribution >= 4 is 5.95 Å². The smallest absolute Gasteiger partial charge is 0.249 e. The molecule has 0 unspecified atom stereocenters. The maximum Gasteiger partial charge on any atom is 0.249 e. The molecule has 4 heterocycles. The van der Waals surface area contributed by atoms with E-state index in [2.05, 4.69) is 38.2 Å². The third-order valence-electron chi connectivity index (χ3n) is 4.66. The molecule has 0 spiro atoms. The lowest BCUT2D eigenvalue weighted by Gasteiger charge is -2.21. The maximum absolute atomic E-state index is 5.39. The Morgan fingerprint density at radius 3 is 2.92 bits per heavy atom. The Hall–Kier alpha value is -2.77. The predicted molar refractivity (Wildman–Crippen MR) is 96.6 cm³/mol. The molecular formula is C18H23N7O. The Balaban J connectivity index is 1.65. The second-order valence-electron chi connectivity index (χ2n) is 6.66. The zero-order valence-corrected chi connectivity index (χ0v) is 15.4. The van der Waals surface area contributed by atoms with Crippen LogP contribution in [0, 0.1) is 13.8 Å². The number of hydrogen-bond donors (Lipinski definition) is 0. The van der Waals surface area contributed by atoms with Crippen LogP contribution in [0.4, 0.5) is 5.95 Å². The van der Waals surface area contributed by atoms with E-state index in [0.29, 0.717) is 17.7 Å². The summed E-state index contributed by atoms with van der Waals surface area (Å²) in [5.74, 6) is 1.99. The number of aryl methyl sites for hydroxylation is 3. The topological polar surface area (TPSA) is 85.8 Å². The standard InChI is InChI=1S/C18H23N7O/c1-4-9-24-11-14(12(2)22-24)15-7-8-19-18(21-15)25-10-5-6-16(25)17-20-13(3)23-26-17/h7-8,11,16H,4-6,9-10H2,1-3H3/t16-/m0/s1. The van der Waals surface area contributed by atoms with Gasteiger partial charge in [-0.25, -0.2) is 9.97 Å². The van der Waals surface area contributed by atoms with Crippen molar-refractivity contribution < 1.29 is 4.52 Å². The van der Waals surface area contributed by atoms with Gasteiger partial charge in [-0.1, -0.05) is 12.1 Å². The summed E-state index contributed by atoms with van der Waals surface area (Å²) < 4.78 is 7.37. The first-order valence-corrected chi connectivity index (χ1v) is 9.10. The molecule has 0 N–H and O–H groups in total. The molecule has 1 saturated heterocycles. The summed E-state index contributed by atoms with van der Waals surface area (Å²) in [4.78, 5) is 15.9. The van der Waals surface area contributed by atoms with Crippen LogP contribution < -0.4 is 4.90 Å². The van der Waals surface area contributed by atoms with E-state index in [9.17, 15) is 0 Å². The van der Waals surface area contributed by atoms with Crippen LogP contribution in [-0.2, 0) is 6.54 Å². The van der Waals surface area contributed by atoms with Gasteiger partial charge in [0.1, 0.15) is 6.04 Å². The van der Waals surface area contributed by atoms with Crippen molar-refractivity contribution in [1.82, 2.24) is 29.9 Å². The average Bonchev–Trinajstić information content (AvgIpc) is 3.35. The van der Waals surface area contributed by atoms with E-state index in [4.69, 9.17) is 9.51 Å². The van der Waals surface area contributed by atoms with E-state index < -0.39 is 0 Å². The fourth-order valence-electron chi connectivity index (χ4n) is 3.46. The Labute approximate surface area is 152 Å². The SMILES string of the molecule is CCCn1cc(-c2ccnc(N3CCC[C@H]3c3nc(C)no3)n2)c(C)n1. The van der Waals surface area contributed by atoms with Crippen molar-refractivity contribution in [3.63, 3.8) is 0 Å². The first-order chi connectivity index (χ1) is 12.7. The average molecular weight is 353 g/mol. The summed E-state index contributed by atoms with van der Waals surface area (Å²) in [5.41, 5.74) is 2.92. The maximum atomic E-state index is 5.39. The zero-order chi connectivity index (χ0) is 18.1. The lowest BCUT2D eigenvalue weighted by molar-refractivity contribution is 0.351. The molecule has 0 bridgehead atoms. The number of nitrogens with zero attached hydrogens (tertiary/aromatic N) is 7. The highest BCUT2D eigenvalue weighted by Crippen LogP contribution is 2.34. The van der Waals surface area contributed by atoms with Gasteiger partial charge in [0.2, 0.25) is 11.8 Å². The fraction of sp³-hybridized carbons (Fsp3) is 0.500. The molecule has 3 aromatic heterocycles. The second-order valence-corrected chi connectivity index (χ2v) is 6.66. The zero-order valence-electron chi connectivity index (χ0n) is 15.4. The molecule has 0 radical (unpaired) electrons. The molecule has 1 fully saturated rings. The molecule has 4 rings (SSSR count). The van der Waals surface area contributed by atoms with Gasteiger partial charge in [0.05, 0.1) is 11.4 Å². The highest BCUT2D eigenvalue weighted by molar-refractivity contribution is 5.62. The van der Waals surface area contributed by atoms with Crippen molar-refractivity contribution in [3.05, 3.63) is 35.9 Å². The van der Waals surface area contributed by atoms with E-state index in [1.807, 2.05) is 30.8 Å². The molecule has 8 heteroatoms. The minimum atomic E-state index is 0.0374. The number of hydrogen-bond acceptors (Lipinski definition) is 7. The molecule has 8 nitrogen and oxygen atoms in total. The van der Waals surface area contributed by atoms with Crippen LogP contribution in [0.5, 0.6) is 0 Å². The number of anilines is 1. The molecule has 0 aliphatic carbocycles. The molecular weight excluding hydrogens is 330 g/mol. The Morgan fingerprint density at radius 1 is 1.27 bits per heavy atom. The van der Waals surface area contributed by atoms with Gasteiger partial charge < -0.3 is 9.42 Å². The number of aromatic nitrogens is 6. The van der Waals surface area contributed by atoms with Gasteiger partial charge in [-0.3, -0.25) is 4.68 Å². The van der Waals surface area contributed by atoms with Gasteiger partial charge in [-0.15, -0.1) is 0 Å². The minimum absolute atomic E-state index is 0.0374. The summed E-state index contributed by atoms with van der Waals surface area (Å²) in [7, 11) is 0. The lowest BCUT2D eigenvalue weighted by Crippen LogP contribution is -2.25. The third kappa shape index (κ3) is 3.07. The highest BCUT2D eigenvalue weighted by atomic mass is 16.5. The summed E-state index contributed by atoms with van der Waals surface area (Å²) in [6, 6.07) is 1.97. The Kier molecular flexibility index (Phi) is 4.40. The van der Waals surface area contributed by atoms with E-state index in [0.717, 1.165) is 49.3 Å². The van der Waals surface area contributed by atoms with Crippen molar-refractivity contribution in [2.45, 2.75) is 52.6 Å². The van der Waals surface area contributed by atoms with Gasteiger partial charge in [0.15, 0.2) is 5.82 Å². The van der Waals surface area contributed by atoms with E-state index in [1.165, 1.54) is 0 Å². The van der Waals surface area contributed by atoms with E-state index in [-0.39, 0.29) is 6.04 Å². The quantitative estimate of drug-likeness (QED) is 0.696. The van der Waals surface area contributed by atoms with Crippen molar-refractivity contribution in [2.24, 2.45) is 0 Å². The Morgan fingerprint density at radius 2 is 2.15 bits per heavy atom. The molecule has 26 heavy (non-hydrogen) atoms. The van der Waals surface area contributed by atoms with Crippen LogP contribution in [0.1, 0.15) is 49.6 Å². The summed E-state index contributed by atoms with van der Waals surface area (Å²) in [5, 5.41) is 8.50. The normalized spacial score (nSPS) is 17.2. The fourth-order valence-corrected chi connectivity index (χ4v) is 3.46. The molecule has 136 valence electrons. The molecule has 1 aliphatic heterocycles. The molecule has 1 aliphatic rings. The van der Waals surface area contributed by atoms with Crippen molar-refractivity contribution in [3.8, 4) is 11.3 Å². The van der Waals surface area contributed by atoms with E-state index in [1.54, 1.807) is 0 Å². The van der Waals surface area contributed by atoms with Gasteiger partial charge in [-0.05, 0) is 39.2 Å². The van der Waals surface area contributed by atoms with Crippen LogP contribution in [0.15, 0.2) is 23.0 Å². The summed E-state index contributed by atoms with van der Waals surface area (Å²) in [6.45, 7) is 7.78.